The van der Waals surface area contributed by atoms with E-state index in [-0.39, 0.29) is 26.6 Å². The summed E-state index contributed by atoms with van der Waals surface area (Å²) in [5, 5.41) is 4.15. The van der Waals surface area contributed by atoms with E-state index in [0.29, 0.717) is 23.8 Å². The number of halogens is 2. The molecule has 2 nitrogen and oxygen atoms in total. The maximum absolute atomic E-state index is 6.39. The Labute approximate surface area is 350 Å². The van der Waals surface area contributed by atoms with Gasteiger partial charge in [0.1, 0.15) is 0 Å². The Balaban J connectivity index is 0.000000214. The Morgan fingerprint density at radius 2 is 1.51 bits per heavy atom. The van der Waals surface area contributed by atoms with E-state index in [2.05, 4.69) is 185 Å². The molecule has 0 amide bonds. The fourth-order valence-corrected chi connectivity index (χ4v) is 10.5. The standard InChI is InChI=1S/C28H42ClN.C22H21N.ClH.Ru/c1-19(2)23-9-8-10-24(20(3)4)26(23)30-27(6,7)18-28(15-16-29)14-13-22-12-11-21(5)17-25(22)28;1-19-10-8-9-15-22(19)18-23(16-20-11-4-2-5-12-20)17-21-13-6-3-7-14-21;;/h8-12,17,19-20,23,26,30H,13-16,18H2,1-7H3;1-15H,16-18H2;1H;/q;;;+1/p-1. The van der Waals surface area contributed by atoms with Crippen molar-refractivity contribution in [2.45, 2.75) is 111 Å². The summed E-state index contributed by atoms with van der Waals surface area (Å²) < 4.78 is 2.17. The molecule has 0 radical (unpaired) electrons. The minimum absolute atomic E-state index is 0.0222. The van der Waals surface area contributed by atoms with Gasteiger partial charge in [-0.05, 0) is 80.8 Å². The van der Waals surface area contributed by atoms with Gasteiger partial charge in [0.05, 0.1) is 0 Å². The van der Waals surface area contributed by atoms with Gasteiger partial charge in [-0.2, -0.15) is 0 Å². The molecule has 5 heteroatoms. The van der Waals surface area contributed by atoms with Crippen LogP contribution in [0, 0.1) is 24.7 Å². The van der Waals surface area contributed by atoms with E-state index in [0.717, 1.165) is 38.4 Å². The zero-order valence-corrected chi connectivity index (χ0v) is 37.4. The van der Waals surface area contributed by atoms with Gasteiger partial charge in [0.15, 0.2) is 0 Å². The van der Waals surface area contributed by atoms with Crippen LogP contribution < -0.4 is 5.32 Å². The average molecular weight is 864 g/mol. The zero-order valence-electron chi connectivity index (χ0n) is 34.1. The van der Waals surface area contributed by atoms with Crippen molar-refractivity contribution >= 4 is 25.9 Å². The van der Waals surface area contributed by atoms with Gasteiger partial charge in [0.2, 0.25) is 0 Å². The summed E-state index contributed by atoms with van der Waals surface area (Å²) in [6.45, 7) is 19.2. The Morgan fingerprint density at radius 1 is 0.873 bits per heavy atom. The van der Waals surface area contributed by atoms with Crippen molar-refractivity contribution in [3.8, 4) is 0 Å². The summed E-state index contributed by atoms with van der Waals surface area (Å²) >= 11 is 6.17. The van der Waals surface area contributed by atoms with Crippen LogP contribution >= 0.6 is 21.3 Å². The van der Waals surface area contributed by atoms with Gasteiger partial charge >= 0.3 is 162 Å². The Kier molecular flexibility index (Phi) is 16.3. The van der Waals surface area contributed by atoms with Crippen molar-refractivity contribution in [1.29, 1.82) is 0 Å². The molecule has 2 aliphatic rings. The van der Waals surface area contributed by atoms with Crippen LogP contribution in [0.4, 0.5) is 0 Å². The first kappa shape index (κ1) is 43.5. The molecule has 3 atom stereocenters. The number of hydrogen-bond donors (Lipinski definition) is 1. The van der Waals surface area contributed by atoms with Crippen LogP contribution in [0.25, 0.3) is 0 Å². The van der Waals surface area contributed by atoms with Crippen LogP contribution in [0.15, 0.2) is 127 Å². The molecule has 0 saturated heterocycles. The first-order valence-corrected chi connectivity index (χ1v) is 24.0. The fourth-order valence-electron chi connectivity index (χ4n) is 8.92. The Hall–Kier alpha value is -2.65. The second kappa shape index (κ2) is 20.7. The first-order chi connectivity index (χ1) is 26.4. The Bertz CT molecular complexity index is 1840. The molecule has 2 aliphatic carbocycles. The number of allylic oxidation sites excluding steroid dienone is 2. The average Bonchev–Trinajstić information content (AvgIpc) is 3.49. The van der Waals surface area contributed by atoms with Gasteiger partial charge in [0, 0.05) is 17.5 Å². The van der Waals surface area contributed by atoms with Crippen LogP contribution in [-0.2, 0) is 47.2 Å². The minimum atomic E-state index is -0.216. The Morgan fingerprint density at radius 3 is 2.11 bits per heavy atom. The molecule has 4 aromatic carbocycles. The maximum atomic E-state index is 6.39. The van der Waals surface area contributed by atoms with Crippen molar-refractivity contribution in [3.05, 3.63) is 166 Å². The van der Waals surface area contributed by atoms with E-state index in [1.54, 1.807) is 11.1 Å². The topological polar surface area (TPSA) is 15.3 Å². The third-order valence-corrected chi connectivity index (χ3v) is 12.9. The summed E-state index contributed by atoms with van der Waals surface area (Å²) in [7, 11) is 6.02. The first-order valence-electron chi connectivity index (χ1n) is 20.2. The van der Waals surface area contributed by atoms with E-state index in [1.165, 1.54) is 46.2 Å². The summed E-state index contributed by atoms with van der Waals surface area (Å²) in [6, 6.07) is 37.4. The molecule has 0 aliphatic heterocycles. The molecule has 0 spiro atoms. The molecular weight excluding hydrogens is 801 g/mol. The van der Waals surface area contributed by atoms with Crippen molar-refractivity contribution in [3.63, 3.8) is 0 Å². The van der Waals surface area contributed by atoms with E-state index < -0.39 is 0 Å². The second-order valence-corrected chi connectivity index (χ2v) is 19.3. The van der Waals surface area contributed by atoms with Crippen LogP contribution in [0.5, 0.6) is 0 Å². The van der Waals surface area contributed by atoms with E-state index in [4.69, 9.17) is 21.3 Å². The summed E-state index contributed by atoms with van der Waals surface area (Å²) in [6.07, 6.45) is 11.6. The molecule has 1 N–H and O–H groups in total. The number of alkyl halides is 1. The van der Waals surface area contributed by atoms with Crippen molar-refractivity contribution in [2.24, 2.45) is 17.8 Å². The van der Waals surface area contributed by atoms with Gasteiger partial charge in [0.25, 0.3) is 0 Å². The number of fused-ring (bicyclic) bond motifs is 1. The van der Waals surface area contributed by atoms with E-state index in [9.17, 15) is 0 Å². The molecule has 0 heterocycles. The van der Waals surface area contributed by atoms with Crippen molar-refractivity contribution < 1.29 is 15.7 Å². The molecule has 3 unspecified atom stereocenters. The molecule has 4 aromatic rings. The fraction of sp³-hybridized carbons (Fsp3) is 0.420. The number of aryl methyl sites for hydroxylation is 2. The van der Waals surface area contributed by atoms with Gasteiger partial charge in [-0.3, -0.25) is 0 Å². The van der Waals surface area contributed by atoms with Gasteiger partial charge in [-0.15, -0.1) is 11.6 Å². The second-order valence-electron chi connectivity index (χ2n) is 17.1. The predicted octanol–water partition coefficient (Wildman–Crippen LogP) is 12.6. The molecule has 0 saturated carbocycles. The number of hydrogen-bond acceptors (Lipinski definition) is 2. The van der Waals surface area contributed by atoms with Gasteiger partial charge < -0.3 is 5.32 Å². The van der Waals surface area contributed by atoms with Crippen molar-refractivity contribution in [2.75, 3.05) is 5.88 Å². The summed E-state index contributed by atoms with van der Waals surface area (Å²) in [5.41, 5.74) is 11.5. The number of nitrogens with zero attached hydrogens (tertiary/aromatic N) is 1. The summed E-state index contributed by atoms with van der Waals surface area (Å²) in [4.78, 5) is 2.49. The number of rotatable bonds is 15. The van der Waals surface area contributed by atoms with Crippen LogP contribution in [0.1, 0.15) is 99.7 Å². The van der Waals surface area contributed by atoms with Gasteiger partial charge in [-0.1, -0.05) is 75.3 Å². The van der Waals surface area contributed by atoms with Crippen LogP contribution in [-0.4, -0.2) is 27.0 Å². The third kappa shape index (κ3) is 12.2. The molecule has 0 bridgehead atoms. The molecule has 0 fully saturated rings. The predicted molar refractivity (Wildman–Crippen MR) is 236 cm³/mol. The molecular formula is C50H63Cl2N2Ru. The number of nitrogens with one attached hydrogen (secondary N) is 1. The monoisotopic (exact) mass is 863 g/mol. The number of benzene rings is 4. The van der Waals surface area contributed by atoms with Gasteiger partial charge in [-0.25, -0.2) is 0 Å². The van der Waals surface area contributed by atoms with E-state index >= 15 is 0 Å². The quantitative estimate of drug-likeness (QED) is 0.0946. The molecule has 0 aromatic heterocycles. The zero-order chi connectivity index (χ0) is 39.4. The van der Waals surface area contributed by atoms with Crippen molar-refractivity contribution in [1.82, 2.24) is 10.2 Å². The van der Waals surface area contributed by atoms with Crippen LogP contribution in [0.2, 0.25) is 0 Å². The van der Waals surface area contributed by atoms with Crippen LogP contribution in [0.3, 0.4) is 0 Å². The third-order valence-electron chi connectivity index (χ3n) is 11.5. The molecule has 295 valence electrons. The van der Waals surface area contributed by atoms with E-state index in [1.807, 2.05) is 0 Å². The summed E-state index contributed by atoms with van der Waals surface area (Å²) in [5.74, 6) is 2.43. The molecule has 6 rings (SSSR count). The molecule has 55 heavy (non-hydrogen) atoms. The normalized spacial score (nSPS) is 19.7. The SMILES string of the molecule is Cc1ccc2c(c1)C(CCCl)(CC(C)(C)NC1C(C(C)C)=CC=CC1C(C)C)CC2.[Cl][Ru]=[CH]c1ccccc1CN(Cc1ccccc1)Cc1ccccc1.